The molecule has 0 radical (unpaired) electrons. The molecule has 0 bridgehead atoms. The predicted octanol–water partition coefficient (Wildman–Crippen LogP) is 2.71. The number of carbonyl (C=O) groups excluding carboxylic acids is 1. The Hall–Kier alpha value is -1.79. The smallest absolute Gasteiger partial charge is 0.253 e. The molecule has 1 aliphatic heterocycles. The van der Waals surface area contributed by atoms with E-state index >= 15 is 0 Å². The van der Waals surface area contributed by atoms with Crippen LogP contribution in [0.25, 0.3) is 0 Å². The van der Waals surface area contributed by atoms with Crippen LogP contribution in [0.1, 0.15) is 53.6 Å². The molecule has 3 nitrogen and oxygen atoms in total. The van der Waals surface area contributed by atoms with Crippen molar-refractivity contribution in [3.63, 3.8) is 0 Å². The summed E-state index contributed by atoms with van der Waals surface area (Å²) in [5, 5.41) is 0. The molecule has 1 aromatic carbocycles. The van der Waals surface area contributed by atoms with E-state index in [9.17, 15) is 4.79 Å². The van der Waals surface area contributed by atoms with Crippen LogP contribution in [0.15, 0.2) is 18.2 Å². The Morgan fingerprint density at radius 2 is 1.81 bits per heavy atom. The van der Waals surface area contributed by atoms with E-state index < -0.39 is 0 Å². The van der Waals surface area contributed by atoms with Crippen molar-refractivity contribution in [3.8, 4) is 11.8 Å². The molecule has 1 amide bonds. The molecule has 3 heteroatoms. The van der Waals surface area contributed by atoms with Crippen molar-refractivity contribution in [1.82, 2.24) is 4.90 Å². The van der Waals surface area contributed by atoms with Crippen molar-refractivity contribution >= 4 is 5.91 Å². The van der Waals surface area contributed by atoms with Gasteiger partial charge in [0.25, 0.3) is 5.91 Å². The number of aryl methyl sites for hydroxylation is 1. The van der Waals surface area contributed by atoms with E-state index in [1.165, 1.54) is 19.3 Å². The van der Waals surface area contributed by atoms with E-state index in [4.69, 9.17) is 5.73 Å². The quantitative estimate of drug-likeness (QED) is 0.806. The number of nitrogens with zero attached hydrogens (tertiary/aromatic N) is 1. The minimum absolute atomic E-state index is 0.136. The highest BCUT2D eigenvalue weighted by Gasteiger charge is 2.17. The lowest BCUT2D eigenvalue weighted by Gasteiger charge is -2.25. The molecule has 2 N–H and O–H groups in total. The van der Waals surface area contributed by atoms with Crippen molar-refractivity contribution in [2.45, 2.75) is 39.0 Å². The van der Waals surface area contributed by atoms with Crippen molar-refractivity contribution in [3.05, 3.63) is 34.9 Å². The SMILES string of the molecule is Cc1cc(C#CCN)cc(C(=O)N2CCCCCCC2)c1. The Bertz CT molecular complexity index is 546. The minimum atomic E-state index is 0.136. The van der Waals surface area contributed by atoms with Crippen LogP contribution in [-0.2, 0) is 0 Å². The lowest BCUT2D eigenvalue weighted by Crippen LogP contribution is -2.33. The van der Waals surface area contributed by atoms with E-state index in [0.717, 1.165) is 42.6 Å². The van der Waals surface area contributed by atoms with E-state index in [1.54, 1.807) is 0 Å². The molecular formula is C18H24N2O. The van der Waals surface area contributed by atoms with Gasteiger partial charge >= 0.3 is 0 Å². The van der Waals surface area contributed by atoms with Gasteiger partial charge in [-0.2, -0.15) is 0 Å². The second-order valence-corrected chi connectivity index (χ2v) is 5.65. The van der Waals surface area contributed by atoms with Gasteiger partial charge in [0, 0.05) is 24.2 Å². The highest BCUT2D eigenvalue weighted by atomic mass is 16.2. The van der Waals surface area contributed by atoms with Crippen molar-refractivity contribution in [2.75, 3.05) is 19.6 Å². The van der Waals surface area contributed by atoms with Gasteiger partial charge < -0.3 is 10.6 Å². The van der Waals surface area contributed by atoms with E-state index in [0.29, 0.717) is 6.54 Å². The summed E-state index contributed by atoms with van der Waals surface area (Å²) in [7, 11) is 0. The fraction of sp³-hybridized carbons (Fsp3) is 0.500. The first-order valence-corrected chi connectivity index (χ1v) is 7.80. The van der Waals surface area contributed by atoms with E-state index in [2.05, 4.69) is 11.8 Å². The largest absolute Gasteiger partial charge is 0.339 e. The number of likely N-dealkylation sites (tertiary alicyclic amines) is 1. The van der Waals surface area contributed by atoms with Crippen molar-refractivity contribution in [2.24, 2.45) is 5.73 Å². The van der Waals surface area contributed by atoms with Gasteiger partial charge in [0.2, 0.25) is 0 Å². The van der Waals surface area contributed by atoms with Crippen LogP contribution in [0.4, 0.5) is 0 Å². The molecule has 1 saturated heterocycles. The fourth-order valence-corrected chi connectivity index (χ4v) is 2.76. The molecule has 0 aliphatic carbocycles. The van der Waals surface area contributed by atoms with Crippen LogP contribution < -0.4 is 5.73 Å². The second-order valence-electron chi connectivity index (χ2n) is 5.65. The van der Waals surface area contributed by atoms with Gasteiger partial charge in [-0.3, -0.25) is 4.79 Å². The molecule has 0 aromatic heterocycles. The highest BCUT2D eigenvalue weighted by Crippen LogP contribution is 2.16. The van der Waals surface area contributed by atoms with Crippen LogP contribution in [0.5, 0.6) is 0 Å². The summed E-state index contributed by atoms with van der Waals surface area (Å²) >= 11 is 0. The summed E-state index contributed by atoms with van der Waals surface area (Å²) in [4.78, 5) is 14.7. The topological polar surface area (TPSA) is 46.3 Å². The fourth-order valence-electron chi connectivity index (χ4n) is 2.76. The summed E-state index contributed by atoms with van der Waals surface area (Å²) in [5.41, 5.74) is 8.09. The monoisotopic (exact) mass is 284 g/mol. The van der Waals surface area contributed by atoms with Crippen LogP contribution in [0, 0.1) is 18.8 Å². The maximum absolute atomic E-state index is 12.7. The Labute approximate surface area is 127 Å². The molecule has 1 heterocycles. The molecule has 112 valence electrons. The van der Waals surface area contributed by atoms with Crippen LogP contribution in [-0.4, -0.2) is 30.4 Å². The van der Waals surface area contributed by atoms with Gasteiger partial charge in [-0.1, -0.05) is 31.1 Å². The van der Waals surface area contributed by atoms with E-state index in [1.807, 2.05) is 30.0 Å². The maximum Gasteiger partial charge on any atom is 0.253 e. The number of hydrogen-bond acceptors (Lipinski definition) is 2. The summed E-state index contributed by atoms with van der Waals surface area (Å²) in [6, 6.07) is 5.83. The lowest BCUT2D eigenvalue weighted by atomic mass is 10.0. The molecule has 1 aliphatic rings. The zero-order chi connectivity index (χ0) is 15.1. The zero-order valence-corrected chi connectivity index (χ0v) is 12.8. The molecule has 1 aromatic rings. The highest BCUT2D eigenvalue weighted by molar-refractivity contribution is 5.94. The number of carbonyl (C=O) groups is 1. The maximum atomic E-state index is 12.7. The number of nitrogens with two attached hydrogens (primary N) is 1. The molecular weight excluding hydrogens is 260 g/mol. The standard InChI is InChI=1S/C18H24N2O/c1-15-12-16(8-7-9-19)14-17(13-15)18(21)20-10-5-3-2-4-6-11-20/h12-14H,2-6,9-11,19H2,1H3. The van der Waals surface area contributed by atoms with Gasteiger partial charge in [0.05, 0.1) is 6.54 Å². The van der Waals surface area contributed by atoms with Gasteiger partial charge in [-0.25, -0.2) is 0 Å². The zero-order valence-electron chi connectivity index (χ0n) is 12.8. The normalized spacial score (nSPS) is 15.6. The summed E-state index contributed by atoms with van der Waals surface area (Å²) in [6.07, 6.45) is 5.97. The third-order valence-corrected chi connectivity index (χ3v) is 3.80. The summed E-state index contributed by atoms with van der Waals surface area (Å²) in [6.45, 7) is 4.08. The van der Waals surface area contributed by atoms with Crippen LogP contribution in [0.3, 0.4) is 0 Å². The summed E-state index contributed by atoms with van der Waals surface area (Å²) in [5.74, 6) is 6.00. The number of rotatable bonds is 1. The first kappa shape index (κ1) is 15.6. The molecule has 0 spiro atoms. The summed E-state index contributed by atoms with van der Waals surface area (Å²) < 4.78 is 0. The average molecular weight is 284 g/mol. The molecule has 2 rings (SSSR count). The molecule has 1 fully saturated rings. The van der Waals surface area contributed by atoms with Crippen LogP contribution >= 0.6 is 0 Å². The minimum Gasteiger partial charge on any atom is -0.339 e. The van der Waals surface area contributed by atoms with Gasteiger partial charge in [0.15, 0.2) is 0 Å². The van der Waals surface area contributed by atoms with Crippen LogP contribution in [0.2, 0.25) is 0 Å². The lowest BCUT2D eigenvalue weighted by molar-refractivity contribution is 0.0742. The Balaban J connectivity index is 2.18. The first-order valence-electron chi connectivity index (χ1n) is 7.80. The van der Waals surface area contributed by atoms with Crippen molar-refractivity contribution < 1.29 is 4.79 Å². The first-order chi connectivity index (χ1) is 10.2. The van der Waals surface area contributed by atoms with E-state index in [-0.39, 0.29) is 5.91 Å². The second kappa shape index (κ2) is 7.85. The third-order valence-electron chi connectivity index (χ3n) is 3.80. The molecule has 21 heavy (non-hydrogen) atoms. The number of amides is 1. The molecule has 0 saturated carbocycles. The third kappa shape index (κ3) is 4.61. The predicted molar refractivity (Wildman–Crippen MR) is 86.1 cm³/mol. The number of benzene rings is 1. The van der Waals surface area contributed by atoms with Crippen molar-refractivity contribution in [1.29, 1.82) is 0 Å². The Morgan fingerprint density at radius 3 is 2.48 bits per heavy atom. The van der Waals surface area contributed by atoms with Gasteiger partial charge in [-0.05, 0) is 43.5 Å². The molecule has 0 atom stereocenters. The Kier molecular flexibility index (Phi) is 5.83. The van der Waals surface area contributed by atoms with Gasteiger partial charge in [0.1, 0.15) is 0 Å². The van der Waals surface area contributed by atoms with Gasteiger partial charge in [-0.15, -0.1) is 0 Å². The molecule has 0 unspecified atom stereocenters. The Morgan fingerprint density at radius 1 is 1.14 bits per heavy atom. The number of hydrogen-bond donors (Lipinski definition) is 1. The average Bonchev–Trinajstić information content (AvgIpc) is 2.43.